The Hall–Kier alpha value is -0.860. The van der Waals surface area contributed by atoms with Gasteiger partial charge in [-0.3, -0.25) is 0 Å². The predicted octanol–water partition coefficient (Wildman–Crippen LogP) is 9.47. The molecule has 2 aromatic rings. The summed E-state index contributed by atoms with van der Waals surface area (Å²) in [5, 5.41) is 0. The van der Waals surface area contributed by atoms with Crippen LogP contribution in [-0.4, -0.2) is 0 Å². The Bertz CT molecular complexity index is 742. The largest absolute Gasteiger partial charge is 0.0877 e. The first-order valence-electron chi connectivity index (χ1n) is 10.6. The lowest BCUT2D eigenvalue weighted by molar-refractivity contribution is 0.779. The van der Waals surface area contributed by atoms with Gasteiger partial charge >= 0.3 is 0 Å². The van der Waals surface area contributed by atoms with Gasteiger partial charge in [0.1, 0.15) is 0 Å². The Balaban J connectivity index is 0.000000855. The van der Waals surface area contributed by atoms with E-state index in [1.165, 1.54) is 41.8 Å². The first-order valence-corrected chi connectivity index (χ1v) is 12.2. The summed E-state index contributed by atoms with van der Waals surface area (Å²) in [5.41, 5.74) is 5.92. The van der Waals surface area contributed by atoms with Gasteiger partial charge in [-0.25, -0.2) is 0 Å². The Morgan fingerprint density at radius 2 is 1.04 bits per heavy atom. The number of benzene rings is 2. The normalized spacial score (nSPS) is 11.9. The van der Waals surface area contributed by atoms with Crippen molar-refractivity contribution in [2.45, 2.75) is 107 Å². The van der Waals surface area contributed by atoms with Gasteiger partial charge in [0.2, 0.25) is 0 Å². The Kier molecular flexibility index (Phi) is 10.0. The Morgan fingerprint density at radius 3 is 1.41 bits per heavy atom. The average Bonchev–Trinajstić information content (AvgIpc) is 2.67. The topological polar surface area (TPSA) is 0 Å². The first-order chi connectivity index (χ1) is 12.9. The van der Waals surface area contributed by atoms with E-state index in [1.54, 1.807) is 0 Å². The highest BCUT2D eigenvalue weighted by atomic mass is 32.2. The molecule has 0 unspecified atom stereocenters. The molecule has 1 aliphatic heterocycles. The quantitative estimate of drug-likeness (QED) is 0.428. The fourth-order valence-corrected chi connectivity index (χ4v) is 5.65. The van der Waals surface area contributed by atoms with Crippen molar-refractivity contribution in [3.8, 4) is 0 Å². The van der Waals surface area contributed by atoms with Crippen LogP contribution in [0.25, 0.3) is 0 Å². The van der Waals surface area contributed by atoms with E-state index < -0.39 is 0 Å². The SMILES string of the molecule is CC.CC.CCc1cc2c(cc1C)Sc1cc(C(C)C)c(C(C)C)cc1S2. The number of aryl methyl sites for hydroxylation is 2. The molecule has 2 aromatic carbocycles. The molecule has 0 aromatic heterocycles. The molecule has 0 nitrogen and oxygen atoms in total. The van der Waals surface area contributed by atoms with Crippen LogP contribution in [0.15, 0.2) is 43.8 Å². The molecule has 0 spiro atoms. The van der Waals surface area contributed by atoms with Crippen LogP contribution in [0.3, 0.4) is 0 Å². The summed E-state index contributed by atoms with van der Waals surface area (Å²) in [6.07, 6.45) is 1.11. The van der Waals surface area contributed by atoms with Crippen LogP contribution < -0.4 is 0 Å². The van der Waals surface area contributed by atoms with Gasteiger partial charge < -0.3 is 0 Å². The molecule has 1 aliphatic rings. The molecule has 0 fully saturated rings. The van der Waals surface area contributed by atoms with E-state index in [9.17, 15) is 0 Å². The molecule has 0 bridgehead atoms. The molecule has 0 atom stereocenters. The summed E-state index contributed by atoms with van der Waals surface area (Å²) in [6.45, 7) is 21.7. The Labute approximate surface area is 176 Å². The summed E-state index contributed by atoms with van der Waals surface area (Å²) < 4.78 is 0. The van der Waals surface area contributed by atoms with Crippen LogP contribution in [0.5, 0.6) is 0 Å². The van der Waals surface area contributed by atoms with E-state index in [0.29, 0.717) is 11.8 Å². The van der Waals surface area contributed by atoms with Crippen molar-refractivity contribution in [2.24, 2.45) is 0 Å². The van der Waals surface area contributed by atoms with Gasteiger partial charge in [-0.1, -0.05) is 85.8 Å². The molecule has 1 heterocycles. The third-order valence-electron chi connectivity index (χ3n) is 4.62. The molecule has 0 amide bonds. The predicted molar refractivity (Wildman–Crippen MR) is 126 cm³/mol. The van der Waals surface area contributed by atoms with Crippen molar-refractivity contribution in [1.29, 1.82) is 0 Å². The molecule has 2 heteroatoms. The van der Waals surface area contributed by atoms with Crippen LogP contribution in [0.2, 0.25) is 0 Å². The molecule has 0 radical (unpaired) electrons. The zero-order chi connectivity index (χ0) is 20.7. The molecule has 0 saturated carbocycles. The summed E-state index contributed by atoms with van der Waals surface area (Å²) in [7, 11) is 0. The lowest BCUT2D eigenvalue weighted by atomic mass is 9.91. The van der Waals surface area contributed by atoms with Crippen LogP contribution in [-0.2, 0) is 6.42 Å². The van der Waals surface area contributed by atoms with Gasteiger partial charge in [-0.2, -0.15) is 0 Å². The van der Waals surface area contributed by atoms with Crippen molar-refractivity contribution in [2.75, 3.05) is 0 Å². The molecule has 3 rings (SSSR count). The average molecular weight is 403 g/mol. The highest BCUT2D eigenvalue weighted by Crippen LogP contribution is 2.51. The zero-order valence-electron chi connectivity index (χ0n) is 19.0. The van der Waals surface area contributed by atoms with Gasteiger partial charge in [0.15, 0.2) is 0 Å². The minimum atomic E-state index is 0.578. The molecule has 150 valence electrons. The summed E-state index contributed by atoms with van der Waals surface area (Å²) in [4.78, 5) is 5.71. The lowest BCUT2D eigenvalue weighted by Crippen LogP contribution is -2.02. The van der Waals surface area contributed by atoms with Crippen LogP contribution >= 0.6 is 23.5 Å². The highest BCUT2D eigenvalue weighted by Gasteiger charge is 2.22. The fraction of sp³-hybridized carbons (Fsp3) is 0.520. The zero-order valence-corrected chi connectivity index (χ0v) is 20.6. The maximum atomic E-state index is 2.45. The van der Waals surface area contributed by atoms with E-state index in [0.717, 1.165) is 6.42 Å². The van der Waals surface area contributed by atoms with Crippen molar-refractivity contribution in [3.05, 3.63) is 46.5 Å². The van der Waals surface area contributed by atoms with Crippen molar-refractivity contribution in [1.82, 2.24) is 0 Å². The van der Waals surface area contributed by atoms with Crippen LogP contribution in [0.4, 0.5) is 0 Å². The second-order valence-corrected chi connectivity index (χ2v) is 9.19. The van der Waals surface area contributed by atoms with Crippen LogP contribution in [0, 0.1) is 6.92 Å². The van der Waals surface area contributed by atoms with E-state index in [-0.39, 0.29) is 0 Å². The van der Waals surface area contributed by atoms with Gasteiger partial charge in [-0.05, 0) is 71.7 Å². The lowest BCUT2D eigenvalue weighted by Gasteiger charge is -2.24. The maximum absolute atomic E-state index is 2.45. The number of hydrogen-bond acceptors (Lipinski definition) is 2. The number of rotatable bonds is 3. The smallest absolute Gasteiger partial charge is 0.0265 e. The van der Waals surface area contributed by atoms with Gasteiger partial charge in [-0.15, -0.1) is 0 Å². The second-order valence-electron chi connectivity index (χ2n) is 7.02. The number of hydrogen-bond donors (Lipinski definition) is 0. The highest BCUT2D eigenvalue weighted by molar-refractivity contribution is 8.05. The van der Waals surface area contributed by atoms with Crippen molar-refractivity contribution >= 4 is 23.5 Å². The van der Waals surface area contributed by atoms with Crippen molar-refractivity contribution in [3.63, 3.8) is 0 Å². The standard InChI is InChI=1S/C21H26S2.2C2H6/c1-7-15-9-19-18(8-14(15)6)22-20-10-16(12(2)3)17(13(4)5)11-21(20)23-19;2*1-2/h8-13H,7H2,1-6H3;2*1-2H3. The minimum Gasteiger partial charge on any atom is -0.0877 e. The summed E-state index contributed by atoms with van der Waals surface area (Å²) in [6, 6.07) is 9.66. The first kappa shape index (κ1) is 24.2. The van der Waals surface area contributed by atoms with E-state index in [2.05, 4.69) is 65.8 Å². The Morgan fingerprint density at radius 1 is 0.667 bits per heavy atom. The molecule has 0 aliphatic carbocycles. The van der Waals surface area contributed by atoms with Gasteiger partial charge in [0.05, 0.1) is 0 Å². The molecular weight excluding hydrogens is 364 g/mol. The number of fused-ring (bicyclic) bond motifs is 2. The molecule has 0 N–H and O–H groups in total. The fourth-order valence-electron chi connectivity index (χ4n) is 3.23. The van der Waals surface area contributed by atoms with Gasteiger partial charge in [0.25, 0.3) is 0 Å². The van der Waals surface area contributed by atoms with Crippen molar-refractivity contribution < 1.29 is 0 Å². The molecule has 0 saturated heterocycles. The third kappa shape index (κ3) is 5.57. The maximum Gasteiger partial charge on any atom is 0.0265 e. The monoisotopic (exact) mass is 402 g/mol. The van der Waals surface area contributed by atoms with E-state index in [4.69, 9.17) is 0 Å². The van der Waals surface area contributed by atoms with E-state index >= 15 is 0 Å². The summed E-state index contributed by atoms with van der Waals surface area (Å²) in [5.74, 6) is 1.16. The third-order valence-corrected chi connectivity index (χ3v) is 7.11. The molecular formula is C25H38S2. The second kappa shape index (κ2) is 11.2. The van der Waals surface area contributed by atoms with Crippen LogP contribution in [0.1, 0.15) is 96.4 Å². The minimum absolute atomic E-state index is 0.578. The molecule has 27 heavy (non-hydrogen) atoms. The van der Waals surface area contributed by atoms with Gasteiger partial charge in [0, 0.05) is 19.6 Å². The van der Waals surface area contributed by atoms with E-state index in [1.807, 2.05) is 51.2 Å². The summed E-state index contributed by atoms with van der Waals surface area (Å²) >= 11 is 3.90.